The highest BCUT2D eigenvalue weighted by molar-refractivity contribution is 6.32. The van der Waals surface area contributed by atoms with Gasteiger partial charge in [0.05, 0.1) is 29.9 Å². The molecule has 1 fully saturated rings. The van der Waals surface area contributed by atoms with Gasteiger partial charge in [0.1, 0.15) is 11.4 Å². The van der Waals surface area contributed by atoms with Crippen LogP contribution < -0.4 is 10.1 Å². The summed E-state index contributed by atoms with van der Waals surface area (Å²) in [5.41, 5.74) is 0.951. The van der Waals surface area contributed by atoms with E-state index in [0.717, 1.165) is 29.3 Å². The van der Waals surface area contributed by atoms with E-state index >= 15 is 0 Å². The Labute approximate surface area is 194 Å². The number of hydrogen-bond donors (Lipinski definition) is 3. The zero-order chi connectivity index (χ0) is 23.5. The lowest BCUT2D eigenvalue weighted by molar-refractivity contribution is -0.0287. The van der Waals surface area contributed by atoms with Crippen molar-refractivity contribution in [1.82, 2.24) is 10.3 Å². The van der Waals surface area contributed by atoms with E-state index in [9.17, 15) is 15.0 Å². The Morgan fingerprint density at radius 1 is 1.25 bits per heavy atom. The quantitative estimate of drug-likeness (QED) is 0.591. The number of amides is 1. The Bertz CT molecular complexity index is 938. The van der Waals surface area contributed by atoms with E-state index in [1.165, 1.54) is 0 Å². The molecule has 176 valence electrons. The minimum atomic E-state index is -0.968. The first-order valence-corrected chi connectivity index (χ1v) is 11.4. The average Bonchev–Trinajstić information content (AvgIpc) is 2.74. The minimum absolute atomic E-state index is 0.0106. The number of hydrogen-bond acceptors (Lipinski definition) is 6. The number of pyridine rings is 1. The molecular weight excluding hydrogens is 432 g/mol. The van der Waals surface area contributed by atoms with Crippen LogP contribution in [0.4, 0.5) is 4.79 Å². The van der Waals surface area contributed by atoms with Gasteiger partial charge >= 0.3 is 6.09 Å². The van der Waals surface area contributed by atoms with Gasteiger partial charge < -0.3 is 25.0 Å². The smallest absolute Gasteiger partial charge is 0.407 e. The molecule has 0 aliphatic heterocycles. The van der Waals surface area contributed by atoms with Gasteiger partial charge in [0.15, 0.2) is 0 Å². The van der Waals surface area contributed by atoms with Crippen molar-refractivity contribution in [2.45, 2.75) is 76.7 Å². The van der Waals surface area contributed by atoms with Crippen molar-refractivity contribution in [2.75, 3.05) is 7.11 Å². The third-order valence-corrected chi connectivity index (χ3v) is 6.24. The fraction of sp³-hybridized carbons (Fsp3) is 0.583. The molecule has 1 aliphatic carbocycles. The maximum absolute atomic E-state index is 12.0. The Morgan fingerprint density at radius 3 is 2.56 bits per heavy atom. The number of ether oxygens (including phenoxy) is 2. The molecule has 1 saturated carbocycles. The van der Waals surface area contributed by atoms with E-state index in [2.05, 4.69) is 10.3 Å². The first-order valence-electron chi connectivity index (χ1n) is 11.0. The number of fused-ring (bicyclic) bond motifs is 1. The molecule has 1 heterocycles. The van der Waals surface area contributed by atoms with Crippen molar-refractivity contribution in [3.8, 4) is 5.75 Å². The Kier molecular flexibility index (Phi) is 7.85. The van der Waals surface area contributed by atoms with Crippen LogP contribution in [0.1, 0.15) is 52.0 Å². The second kappa shape index (κ2) is 10.2. The highest BCUT2D eigenvalue weighted by atomic mass is 35.5. The fourth-order valence-corrected chi connectivity index (χ4v) is 4.49. The van der Waals surface area contributed by atoms with Gasteiger partial charge in [-0.05, 0) is 76.1 Å². The summed E-state index contributed by atoms with van der Waals surface area (Å²) in [5.74, 6) is 0.622. The van der Waals surface area contributed by atoms with Crippen LogP contribution in [0.5, 0.6) is 5.75 Å². The number of carbonyl (C=O) groups is 1. The molecule has 2 unspecified atom stereocenters. The molecule has 32 heavy (non-hydrogen) atoms. The molecule has 0 radical (unpaired) electrons. The molecule has 1 amide bonds. The number of carbonyl (C=O) groups excluding carboxylic acids is 1. The van der Waals surface area contributed by atoms with Crippen LogP contribution >= 0.6 is 11.6 Å². The molecule has 0 bridgehead atoms. The summed E-state index contributed by atoms with van der Waals surface area (Å²) in [5, 5.41) is 25.8. The Morgan fingerprint density at radius 2 is 1.94 bits per heavy atom. The summed E-state index contributed by atoms with van der Waals surface area (Å²) in [6.45, 7) is 5.49. The van der Waals surface area contributed by atoms with Gasteiger partial charge in [0, 0.05) is 24.0 Å². The van der Waals surface area contributed by atoms with Crippen LogP contribution in [-0.2, 0) is 11.2 Å². The number of benzene rings is 1. The number of halogens is 1. The first kappa shape index (κ1) is 24.6. The van der Waals surface area contributed by atoms with Crippen LogP contribution in [0.2, 0.25) is 5.02 Å². The predicted octanol–water partition coefficient (Wildman–Crippen LogP) is 4.24. The third kappa shape index (κ3) is 6.24. The number of aliphatic hydroxyl groups is 2. The predicted molar refractivity (Wildman–Crippen MR) is 124 cm³/mol. The SMILES string of the molecule is COc1ccc2ncc(Cl)c(CC(O)C(O)C3CCC(NC(=O)OC(C)(C)C)CC3)c2c1. The number of aliphatic hydroxyl groups excluding tert-OH is 2. The molecule has 1 aromatic heterocycles. The van der Waals surface area contributed by atoms with Crippen LogP contribution in [-0.4, -0.2) is 52.3 Å². The van der Waals surface area contributed by atoms with Gasteiger partial charge in [-0.2, -0.15) is 0 Å². The molecule has 2 atom stereocenters. The average molecular weight is 465 g/mol. The van der Waals surface area contributed by atoms with Crippen molar-refractivity contribution < 1.29 is 24.5 Å². The molecule has 8 heteroatoms. The lowest BCUT2D eigenvalue weighted by Gasteiger charge is -2.34. The van der Waals surface area contributed by atoms with Crippen LogP contribution in [0.15, 0.2) is 24.4 Å². The largest absolute Gasteiger partial charge is 0.497 e. The highest BCUT2D eigenvalue weighted by Crippen LogP contribution is 2.32. The van der Waals surface area contributed by atoms with Crippen LogP contribution in [0.25, 0.3) is 10.9 Å². The molecule has 0 spiro atoms. The lowest BCUT2D eigenvalue weighted by atomic mass is 9.80. The fourth-order valence-electron chi connectivity index (χ4n) is 4.26. The molecule has 0 saturated heterocycles. The van der Waals surface area contributed by atoms with E-state index in [0.29, 0.717) is 23.6 Å². The maximum Gasteiger partial charge on any atom is 0.407 e. The Hall–Kier alpha value is -2.09. The monoisotopic (exact) mass is 464 g/mol. The van der Waals surface area contributed by atoms with Gasteiger partial charge in [-0.1, -0.05) is 11.6 Å². The normalized spacial score (nSPS) is 21.1. The number of nitrogens with one attached hydrogen (secondary N) is 1. The molecule has 7 nitrogen and oxygen atoms in total. The van der Waals surface area contributed by atoms with E-state index in [1.807, 2.05) is 39.0 Å². The molecular formula is C24H33ClN2O5. The second-order valence-electron chi connectivity index (χ2n) is 9.49. The van der Waals surface area contributed by atoms with Crippen molar-refractivity contribution in [1.29, 1.82) is 0 Å². The maximum atomic E-state index is 12.0. The van der Waals surface area contributed by atoms with Gasteiger partial charge in [-0.15, -0.1) is 0 Å². The highest BCUT2D eigenvalue weighted by Gasteiger charge is 2.32. The summed E-state index contributed by atoms with van der Waals surface area (Å²) in [6, 6.07) is 5.52. The molecule has 3 rings (SSSR count). The summed E-state index contributed by atoms with van der Waals surface area (Å²) >= 11 is 6.40. The summed E-state index contributed by atoms with van der Waals surface area (Å²) in [6.07, 6.45) is 2.37. The summed E-state index contributed by atoms with van der Waals surface area (Å²) < 4.78 is 10.6. The molecule has 1 aliphatic rings. The summed E-state index contributed by atoms with van der Waals surface area (Å²) in [7, 11) is 1.59. The molecule has 1 aromatic carbocycles. The first-order chi connectivity index (χ1) is 15.1. The van der Waals surface area contributed by atoms with Crippen LogP contribution in [0.3, 0.4) is 0 Å². The van der Waals surface area contributed by atoms with E-state index in [1.54, 1.807) is 13.3 Å². The number of rotatable bonds is 6. The topological polar surface area (TPSA) is 101 Å². The minimum Gasteiger partial charge on any atom is -0.497 e. The summed E-state index contributed by atoms with van der Waals surface area (Å²) in [4.78, 5) is 16.3. The number of alkyl carbamates (subject to hydrolysis) is 1. The van der Waals surface area contributed by atoms with Gasteiger partial charge in [-0.3, -0.25) is 4.98 Å². The number of aromatic nitrogens is 1. The third-order valence-electron chi connectivity index (χ3n) is 5.92. The zero-order valence-corrected chi connectivity index (χ0v) is 19.9. The zero-order valence-electron chi connectivity index (χ0n) is 19.1. The van der Waals surface area contributed by atoms with Gasteiger partial charge in [0.25, 0.3) is 0 Å². The van der Waals surface area contributed by atoms with E-state index in [4.69, 9.17) is 21.1 Å². The van der Waals surface area contributed by atoms with E-state index < -0.39 is 23.9 Å². The standard InChI is InChI=1S/C24H33ClN2O5/c1-24(2,3)32-23(30)27-15-7-5-14(6-8-15)22(29)21(28)12-17-18-11-16(31-4)9-10-20(18)26-13-19(17)25/h9-11,13-15,21-22,28-29H,5-8,12H2,1-4H3,(H,27,30). The number of nitrogens with zero attached hydrogens (tertiary/aromatic N) is 1. The van der Waals surface area contributed by atoms with Crippen LogP contribution in [0, 0.1) is 5.92 Å². The van der Waals surface area contributed by atoms with Crippen molar-refractivity contribution in [2.24, 2.45) is 5.92 Å². The van der Waals surface area contributed by atoms with Crippen molar-refractivity contribution in [3.05, 3.63) is 35.0 Å². The Balaban J connectivity index is 1.61. The molecule has 2 aromatic rings. The number of methoxy groups -OCH3 is 1. The molecule has 3 N–H and O–H groups in total. The second-order valence-corrected chi connectivity index (χ2v) is 9.89. The van der Waals surface area contributed by atoms with Crippen molar-refractivity contribution in [3.63, 3.8) is 0 Å². The lowest BCUT2D eigenvalue weighted by Crippen LogP contribution is -2.43. The van der Waals surface area contributed by atoms with Crippen molar-refractivity contribution >= 4 is 28.6 Å². The van der Waals surface area contributed by atoms with Gasteiger partial charge in [0.2, 0.25) is 0 Å². The van der Waals surface area contributed by atoms with E-state index in [-0.39, 0.29) is 18.4 Å². The van der Waals surface area contributed by atoms with Gasteiger partial charge in [-0.25, -0.2) is 4.79 Å².